The van der Waals surface area contributed by atoms with Crippen LogP contribution in [0.5, 0.6) is 11.5 Å². The number of phenols is 2. The number of fused-ring (bicyclic) bond motifs is 1. The van der Waals surface area contributed by atoms with E-state index in [0.717, 1.165) is 27.0 Å². The van der Waals surface area contributed by atoms with Crippen LogP contribution < -0.4 is 16.9 Å². The molecule has 2 aromatic rings. The van der Waals surface area contributed by atoms with Crippen molar-refractivity contribution in [3.8, 4) is 11.5 Å². The third-order valence-corrected chi connectivity index (χ3v) is 7.73. The van der Waals surface area contributed by atoms with E-state index < -0.39 is 65.6 Å². The molecule has 1 aromatic heterocycles. The maximum atomic E-state index is 12.7. The van der Waals surface area contributed by atoms with E-state index in [1.165, 1.54) is 41.6 Å². The van der Waals surface area contributed by atoms with Crippen molar-refractivity contribution in [1.82, 2.24) is 15.3 Å². The molecule has 43 heavy (non-hydrogen) atoms. The van der Waals surface area contributed by atoms with Crippen LogP contribution in [0.25, 0.3) is 0 Å². The largest absolute Gasteiger partial charge is 0.504 e. The topological polar surface area (TPSA) is 260 Å². The molecule has 17 nitrogen and oxygen atoms in total. The quantitative estimate of drug-likeness (QED) is 0.0390. The number of anilines is 1. The van der Waals surface area contributed by atoms with Gasteiger partial charge in [0.1, 0.15) is 23.9 Å². The van der Waals surface area contributed by atoms with Crippen LogP contribution in [-0.4, -0.2) is 102 Å². The fourth-order valence-corrected chi connectivity index (χ4v) is 5.68. The highest BCUT2D eigenvalue weighted by Gasteiger charge is 2.52. The molecule has 3 heterocycles. The van der Waals surface area contributed by atoms with Gasteiger partial charge in [-0.2, -0.15) is 0 Å². The Balaban J connectivity index is 1.40. The van der Waals surface area contributed by atoms with Crippen molar-refractivity contribution in [2.45, 2.75) is 5.37 Å². The SMILES string of the molecule is NC(=O)C(=NOCC(=O)N[N+](=Cc1ccc(O)c(O)c1)CC(=O)OCC1C(=O)N2C(C(=O)O)=CCS[C@@H]12)c1csc(N)n1. The molecular weight excluding hydrogens is 610 g/mol. The third-order valence-electron chi connectivity index (χ3n) is 5.82. The van der Waals surface area contributed by atoms with Gasteiger partial charge in [-0.1, -0.05) is 5.16 Å². The molecule has 1 saturated heterocycles. The minimum Gasteiger partial charge on any atom is -0.504 e. The Morgan fingerprint density at radius 3 is 2.67 bits per heavy atom. The molecule has 0 radical (unpaired) electrons. The number of aromatic nitrogens is 1. The van der Waals surface area contributed by atoms with Crippen molar-refractivity contribution in [3.63, 3.8) is 0 Å². The average molecular weight is 635 g/mol. The molecule has 0 saturated carbocycles. The summed E-state index contributed by atoms with van der Waals surface area (Å²) < 4.78 is 6.25. The number of carboxylic acid groups (broad SMARTS) is 1. The Bertz CT molecular complexity index is 1570. The number of aliphatic carboxylic acids is 1. The highest BCUT2D eigenvalue weighted by atomic mass is 32.2. The number of oxime groups is 1. The molecule has 1 aromatic carbocycles. The van der Waals surface area contributed by atoms with Crippen molar-refractivity contribution in [3.05, 3.63) is 46.6 Å². The number of esters is 1. The zero-order valence-electron chi connectivity index (χ0n) is 21.9. The molecule has 2 aliphatic rings. The summed E-state index contributed by atoms with van der Waals surface area (Å²) in [4.78, 5) is 70.8. The number of hydrogen-bond donors (Lipinski definition) is 6. The fraction of sp³-hybridized carbons (Fsp3) is 0.250. The zero-order valence-corrected chi connectivity index (χ0v) is 23.5. The van der Waals surface area contributed by atoms with Crippen LogP contribution in [0.2, 0.25) is 0 Å². The van der Waals surface area contributed by atoms with E-state index in [0.29, 0.717) is 5.75 Å². The van der Waals surface area contributed by atoms with Crippen molar-refractivity contribution in [2.75, 3.05) is 31.2 Å². The van der Waals surface area contributed by atoms with Crippen molar-refractivity contribution >= 4 is 69.8 Å². The smallest absolute Gasteiger partial charge is 0.375 e. The first-order chi connectivity index (χ1) is 20.4. The number of β-lactam (4-membered cyclic amide) rings is 1. The number of aromatic hydroxyl groups is 2. The van der Waals surface area contributed by atoms with Gasteiger partial charge in [0.25, 0.3) is 12.5 Å². The number of nitrogens with one attached hydrogen (secondary N) is 1. The summed E-state index contributed by atoms with van der Waals surface area (Å²) in [7, 11) is 0. The minimum atomic E-state index is -1.23. The Hall–Kier alpha value is -5.17. The first-order valence-electron chi connectivity index (χ1n) is 12.1. The summed E-state index contributed by atoms with van der Waals surface area (Å²) in [5.41, 5.74) is 13.0. The van der Waals surface area contributed by atoms with Crippen LogP contribution in [0.4, 0.5) is 5.13 Å². The van der Waals surface area contributed by atoms with Crippen LogP contribution in [0, 0.1) is 5.92 Å². The van der Waals surface area contributed by atoms with Crippen molar-refractivity contribution in [1.29, 1.82) is 0 Å². The summed E-state index contributed by atoms with van der Waals surface area (Å²) in [5.74, 6) is -5.65. The van der Waals surface area contributed by atoms with Gasteiger partial charge in [-0.15, -0.1) is 33.2 Å². The van der Waals surface area contributed by atoms with Crippen molar-refractivity contribution in [2.24, 2.45) is 16.8 Å². The molecular formula is C24H24N7O10S2+. The van der Waals surface area contributed by atoms with Crippen molar-refractivity contribution < 1.29 is 53.6 Å². The Morgan fingerprint density at radius 2 is 2.02 bits per heavy atom. The second-order valence-corrected chi connectivity index (χ2v) is 10.8. The van der Waals surface area contributed by atoms with E-state index in [9.17, 15) is 39.3 Å². The molecule has 3 amide bonds. The van der Waals surface area contributed by atoms with E-state index in [4.69, 9.17) is 21.0 Å². The number of thioether (sulfide) groups is 1. The molecule has 2 aliphatic heterocycles. The van der Waals surface area contributed by atoms with E-state index >= 15 is 0 Å². The average Bonchev–Trinajstić information content (AvgIpc) is 3.37. The highest BCUT2D eigenvalue weighted by Crippen LogP contribution is 2.41. The van der Waals surface area contributed by atoms with Gasteiger partial charge in [-0.25, -0.2) is 14.6 Å². The predicted octanol–water partition coefficient (Wildman–Crippen LogP) is -1.45. The number of hydrazine groups is 1. The molecule has 2 atom stereocenters. The minimum absolute atomic E-state index is 0.0511. The Labute approximate surface area is 250 Å². The van der Waals surface area contributed by atoms with Gasteiger partial charge < -0.3 is 36.4 Å². The van der Waals surface area contributed by atoms with Crippen LogP contribution >= 0.6 is 23.1 Å². The molecule has 8 N–H and O–H groups in total. The number of rotatable bonds is 12. The normalized spacial score (nSPS) is 18.2. The number of carboxylic acids is 1. The number of ether oxygens (including phenoxy) is 1. The molecule has 0 spiro atoms. The summed E-state index contributed by atoms with van der Waals surface area (Å²) in [6.07, 6.45) is 2.67. The Kier molecular flexibility index (Phi) is 9.46. The second kappa shape index (κ2) is 13.2. The lowest BCUT2D eigenvalue weighted by Crippen LogP contribution is -2.62. The maximum Gasteiger partial charge on any atom is 0.375 e. The van der Waals surface area contributed by atoms with Crippen LogP contribution in [-0.2, 0) is 33.5 Å². The van der Waals surface area contributed by atoms with Gasteiger partial charge in [0.2, 0.25) is 18.7 Å². The highest BCUT2D eigenvalue weighted by molar-refractivity contribution is 8.00. The number of primary amides is 1. The number of nitrogens with two attached hydrogens (primary N) is 2. The number of amides is 3. The number of benzene rings is 1. The molecule has 0 aliphatic carbocycles. The first kappa shape index (κ1) is 30.8. The molecule has 19 heteroatoms. The van der Waals surface area contributed by atoms with Gasteiger partial charge >= 0.3 is 17.8 Å². The van der Waals surface area contributed by atoms with E-state index in [-0.39, 0.29) is 34.4 Å². The summed E-state index contributed by atoms with van der Waals surface area (Å²) in [6, 6.07) is 3.73. The van der Waals surface area contributed by atoms with Gasteiger partial charge in [0.05, 0.1) is 5.37 Å². The number of hydrogen-bond acceptors (Lipinski definition) is 14. The molecule has 226 valence electrons. The third kappa shape index (κ3) is 7.38. The zero-order chi connectivity index (χ0) is 31.3. The number of carbonyl (C=O) groups is 5. The fourth-order valence-electron chi connectivity index (χ4n) is 3.89. The predicted molar refractivity (Wildman–Crippen MR) is 150 cm³/mol. The van der Waals surface area contributed by atoms with Crippen LogP contribution in [0.1, 0.15) is 11.3 Å². The molecule has 0 bridgehead atoms. The van der Waals surface area contributed by atoms with Gasteiger partial charge in [-0.05, 0) is 24.3 Å². The van der Waals surface area contributed by atoms with Gasteiger partial charge in [-0.3, -0.25) is 19.3 Å². The lowest BCUT2D eigenvalue weighted by molar-refractivity contribution is -0.560. The van der Waals surface area contributed by atoms with E-state index in [1.54, 1.807) is 0 Å². The number of thiazole rings is 1. The van der Waals surface area contributed by atoms with Gasteiger partial charge in [0, 0.05) is 16.7 Å². The monoisotopic (exact) mass is 634 g/mol. The summed E-state index contributed by atoms with van der Waals surface area (Å²) in [5, 5.41) is 33.3. The maximum absolute atomic E-state index is 12.7. The number of nitrogens with zero attached hydrogens (tertiary/aromatic N) is 4. The van der Waals surface area contributed by atoms with E-state index in [1.807, 2.05) is 0 Å². The first-order valence-corrected chi connectivity index (χ1v) is 14.0. The van der Waals surface area contributed by atoms with Gasteiger partial charge in [0.15, 0.2) is 22.3 Å². The standard InChI is InChI=1S/C24H23N7O10S2/c25-20(36)19(13-10-43-24(26)27-13)29-41-9-17(34)28-30(6-11-1-2-15(32)16(33)5-11)7-18(35)40-8-12-21(37)31-14(23(38)39)3-4-42-22(12)31/h1-3,5-6,10,12,22H,4,7-9H2,(H7,25,26,27,28,33,34,36,38,39)/p+1/t12?,22-/m0/s1. The number of phenolic OH excluding ortho intramolecular Hbond substituents is 2. The number of carbonyl (C=O) groups excluding carboxylic acids is 4. The molecule has 1 unspecified atom stereocenters. The van der Waals surface area contributed by atoms with Crippen LogP contribution in [0.15, 0.2) is 40.5 Å². The number of nitrogen functional groups attached to an aromatic ring is 1. The van der Waals surface area contributed by atoms with Crippen LogP contribution in [0.3, 0.4) is 0 Å². The lowest BCUT2D eigenvalue weighted by Gasteiger charge is -2.47. The molecule has 1 fully saturated rings. The Morgan fingerprint density at radius 1 is 1.26 bits per heavy atom. The summed E-state index contributed by atoms with van der Waals surface area (Å²) >= 11 is 2.36. The summed E-state index contributed by atoms with van der Waals surface area (Å²) in [6.45, 7) is -1.64. The second-order valence-electron chi connectivity index (χ2n) is 8.80. The molecule has 4 rings (SSSR count). The van der Waals surface area contributed by atoms with E-state index in [2.05, 4.69) is 15.6 Å². The number of hydrazone groups is 1. The lowest BCUT2D eigenvalue weighted by atomic mass is 9.97.